The van der Waals surface area contributed by atoms with Crippen LogP contribution in [0.5, 0.6) is 5.75 Å². The molecule has 0 saturated carbocycles. The van der Waals surface area contributed by atoms with Gasteiger partial charge in [-0.1, -0.05) is 26.0 Å². The number of ether oxygens (including phenoxy) is 1. The molecule has 0 bridgehead atoms. The first-order chi connectivity index (χ1) is 13.4. The zero-order valence-corrected chi connectivity index (χ0v) is 16.1. The highest BCUT2D eigenvalue weighted by molar-refractivity contribution is 5.97. The number of carbonyl (C=O) groups is 2. The van der Waals surface area contributed by atoms with E-state index in [4.69, 9.17) is 4.74 Å². The van der Waals surface area contributed by atoms with Gasteiger partial charge in [0.05, 0.1) is 12.8 Å². The van der Waals surface area contributed by atoms with Crippen molar-refractivity contribution in [2.75, 3.05) is 6.61 Å². The van der Waals surface area contributed by atoms with Gasteiger partial charge in [0.2, 0.25) is 0 Å². The van der Waals surface area contributed by atoms with Crippen LogP contribution in [0.3, 0.4) is 0 Å². The minimum absolute atomic E-state index is 0.166. The average molecular weight is 385 g/mol. The SMILES string of the molecule is CCOc1cccc(C=NNC(=O)C(NC(=O)c2ccc(F)cc2)C(C)C)c1. The molecule has 2 rings (SSSR count). The highest BCUT2D eigenvalue weighted by Crippen LogP contribution is 2.12. The van der Waals surface area contributed by atoms with Crippen molar-refractivity contribution in [1.82, 2.24) is 10.7 Å². The largest absolute Gasteiger partial charge is 0.494 e. The van der Waals surface area contributed by atoms with Crippen LogP contribution in [0.15, 0.2) is 53.6 Å². The van der Waals surface area contributed by atoms with Gasteiger partial charge in [-0.25, -0.2) is 9.82 Å². The van der Waals surface area contributed by atoms with E-state index in [2.05, 4.69) is 15.8 Å². The van der Waals surface area contributed by atoms with Gasteiger partial charge in [0.1, 0.15) is 17.6 Å². The fourth-order valence-electron chi connectivity index (χ4n) is 2.45. The Morgan fingerprint density at radius 3 is 2.54 bits per heavy atom. The lowest BCUT2D eigenvalue weighted by Crippen LogP contribution is -2.48. The Morgan fingerprint density at radius 2 is 1.89 bits per heavy atom. The van der Waals surface area contributed by atoms with Crippen LogP contribution in [-0.2, 0) is 4.79 Å². The number of hydrogen-bond acceptors (Lipinski definition) is 4. The second-order valence-corrected chi connectivity index (χ2v) is 6.44. The Kier molecular flexibility index (Phi) is 7.68. The highest BCUT2D eigenvalue weighted by atomic mass is 19.1. The molecule has 0 fully saturated rings. The monoisotopic (exact) mass is 385 g/mol. The number of benzene rings is 2. The minimum atomic E-state index is -0.788. The molecule has 2 N–H and O–H groups in total. The number of hydrazone groups is 1. The van der Waals surface area contributed by atoms with Crippen molar-refractivity contribution in [2.24, 2.45) is 11.0 Å². The lowest BCUT2D eigenvalue weighted by molar-refractivity contribution is -0.123. The molecule has 148 valence electrons. The van der Waals surface area contributed by atoms with Gasteiger partial charge in [-0.3, -0.25) is 9.59 Å². The van der Waals surface area contributed by atoms with Crippen LogP contribution >= 0.6 is 0 Å². The number of nitrogens with zero attached hydrogens (tertiary/aromatic N) is 1. The molecule has 1 unspecified atom stereocenters. The summed E-state index contributed by atoms with van der Waals surface area (Å²) in [6.07, 6.45) is 1.50. The Bertz CT molecular complexity index is 835. The molecule has 0 saturated heterocycles. The maximum Gasteiger partial charge on any atom is 0.262 e. The lowest BCUT2D eigenvalue weighted by Gasteiger charge is -2.20. The molecule has 2 amide bonds. The number of halogens is 1. The summed E-state index contributed by atoms with van der Waals surface area (Å²) in [6.45, 7) is 6.07. The normalized spacial score (nSPS) is 12.0. The maximum absolute atomic E-state index is 13.0. The van der Waals surface area contributed by atoms with E-state index in [1.165, 1.54) is 30.5 Å². The van der Waals surface area contributed by atoms with Crippen molar-refractivity contribution in [3.05, 3.63) is 65.5 Å². The first kappa shape index (κ1) is 21.1. The van der Waals surface area contributed by atoms with Gasteiger partial charge in [0.25, 0.3) is 11.8 Å². The summed E-state index contributed by atoms with van der Waals surface area (Å²) in [5, 5.41) is 6.62. The van der Waals surface area contributed by atoms with Gasteiger partial charge in [0, 0.05) is 5.56 Å². The molecule has 28 heavy (non-hydrogen) atoms. The lowest BCUT2D eigenvalue weighted by atomic mass is 10.0. The molecule has 1 atom stereocenters. The third kappa shape index (κ3) is 6.19. The summed E-state index contributed by atoms with van der Waals surface area (Å²) in [5.41, 5.74) is 3.49. The van der Waals surface area contributed by atoms with Crippen molar-refractivity contribution >= 4 is 18.0 Å². The number of amides is 2. The average Bonchev–Trinajstić information content (AvgIpc) is 2.66. The number of nitrogens with one attached hydrogen (secondary N) is 2. The third-order valence-corrected chi connectivity index (χ3v) is 3.90. The van der Waals surface area contributed by atoms with Crippen molar-refractivity contribution in [3.63, 3.8) is 0 Å². The fourth-order valence-corrected chi connectivity index (χ4v) is 2.45. The zero-order chi connectivity index (χ0) is 20.5. The predicted molar refractivity (Wildman–Crippen MR) is 106 cm³/mol. The predicted octanol–water partition coefficient (Wildman–Crippen LogP) is 3.13. The molecule has 6 nitrogen and oxygen atoms in total. The summed E-state index contributed by atoms with van der Waals surface area (Å²) in [5.74, 6) is -0.785. The van der Waals surface area contributed by atoms with Crippen LogP contribution in [0, 0.1) is 11.7 Å². The Balaban J connectivity index is 1.99. The molecule has 0 radical (unpaired) electrons. The van der Waals surface area contributed by atoms with Crippen molar-refractivity contribution in [1.29, 1.82) is 0 Å². The quantitative estimate of drug-likeness (QED) is 0.541. The molecule has 0 aromatic heterocycles. The second kappa shape index (κ2) is 10.2. The molecule has 2 aromatic carbocycles. The van der Waals surface area contributed by atoms with E-state index in [-0.39, 0.29) is 11.5 Å². The van der Waals surface area contributed by atoms with E-state index in [9.17, 15) is 14.0 Å². The Hall–Kier alpha value is -3.22. The van der Waals surface area contributed by atoms with Gasteiger partial charge in [-0.15, -0.1) is 0 Å². The molecule has 0 spiro atoms. The first-order valence-electron chi connectivity index (χ1n) is 9.03. The van der Waals surface area contributed by atoms with Crippen LogP contribution in [0.4, 0.5) is 4.39 Å². The van der Waals surface area contributed by atoms with E-state index in [0.29, 0.717) is 12.4 Å². The van der Waals surface area contributed by atoms with Crippen LogP contribution in [0.2, 0.25) is 0 Å². The van der Waals surface area contributed by atoms with Crippen molar-refractivity contribution in [2.45, 2.75) is 26.8 Å². The standard InChI is InChI=1S/C21H24FN3O3/c1-4-28-18-7-5-6-15(12-18)13-23-25-21(27)19(14(2)3)24-20(26)16-8-10-17(22)11-9-16/h5-14,19H,4H2,1-3H3,(H,24,26)(H,25,27). The molecular weight excluding hydrogens is 361 g/mol. The molecule has 0 aliphatic heterocycles. The zero-order valence-electron chi connectivity index (χ0n) is 16.1. The number of hydrogen-bond donors (Lipinski definition) is 2. The Labute approximate surface area is 163 Å². The molecule has 0 aliphatic rings. The fraction of sp³-hybridized carbons (Fsp3) is 0.286. The van der Waals surface area contributed by atoms with Gasteiger partial charge < -0.3 is 10.1 Å². The number of carbonyl (C=O) groups excluding carboxylic acids is 2. The second-order valence-electron chi connectivity index (χ2n) is 6.44. The van der Waals surface area contributed by atoms with Crippen molar-refractivity contribution in [3.8, 4) is 5.75 Å². The van der Waals surface area contributed by atoms with Gasteiger partial charge in [-0.05, 0) is 54.8 Å². The van der Waals surface area contributed by atoms with Gasteiger partial charge in [0.15, 0.2) is 0 Å². The van der Waals surface area contributed by atoms with Crippen molar-refractivity contribution < 1.29 is 18.7 Å². The summed E-state index contributed by atoms with van der Waals surface area (Å²) in [7, 11) is 0. The van der Waals surface area contributed by atoms with E-state index in [0.717, 1.165) is 5.56 Å². The summed E-state index contributed by atoms with van der Waals surface area (Å²) in [4.78, 5) is 24.7. The Morgan fingerprint density at radius 1 is 1.18 bits per heavy atom. The summed E-state index contributed by atoms with van der Waals surface area (Å²) >= 11 is 0. The van der Waals surface area contributed by atoms with E-state index < -0.39 is 23.7 Å². The summed E-state index contributed by atoms with van der Waals surface area (Å²) in [6, 6.07) is 11.6. The van der Waals surface area contributed by atoms with Gasteiger partial charge >= 0.3 is 0 Å². The van der Waals surface area contributed by atoms with Gasteiger partial charge in [-0.2, -0.15) is 5.10 Å². The summed E-state index contributed by atoms with van der Waals surface area (Å²) < 4.78 is 18.4. The minimum Gasteiger partial charge on any atom is -0.494 e. The first-order valence-corrected chi connectivity index (χ1v) is 9.03. The maximum atomic E-state index is 13.0. The molecule has 0 aliphatic carbocycles. The van der Waals surface area contributed by atoms with Crippen LogP contribution in [0.25, 0.3) is 0 Å². The highest BCUT2D eigenvalue weighted by Gasteiger charge is 2.24. The third-order valence-electron chi connectivity index (χ3n) is 3.90. The van der Waals surface area contributed by atoms with Crippen LogP contribution in [0.1, 0.15) is 36.7 Å². The molecule has 7 heteroatoms. The molecular formula is C21H24FN3O3. The van der Waals surface area contributed by atoms with Crippen LogP contribution in [-0.4, -0.2) is 30.7 Å². The number of rotatable bonds is 8. The van der Waals surface area contributed by atoms with E-state index >= 15 is 0 Å². The topological polar surface area (TPSA) is 79.8 Å². The van der Waals surface area contributed by atoms with Crippen LogP contribution < -0.4 is 15.5 Å². The van der Waals surface area contributed by atoms with E-state index in [1.54, 1.807) is 6.07 Å². The van der Waals surface area contributed by atoms with E-state index in [1.807, 2.05) is 39.0 Å². The molecule has 0 heterocycles. The smallest absolute Gasteiger partial charge is 0.262 e. The molecule has 2 aromatic rings.